The molecule has 0 spiro atoms. The standard InChI is InChI=1S/C14H23NO3/c1-4-17-13-7-12(15)8-14(9-13)18-6-5-16-10-11(2)3/h7-9,11H,4-6,10,15H2,1-3H3. The van der Waals surface area contributed by atoms with E-state index in [2.05, 4.69) is 13.8 Å². The zero-order valence-corrected chi connectivity index (χ0v) is 11.4. The van der Waals surface area contributed by atoms with E-state index in [1.165, 1.54) is 0 Å². The number of hydrogen-bond acceptors (Lipinski definition) is 4. The Labute approximate surface area is 109 Å². The fourth-order valence-electron chi connectivity index (χ4n) is 1.46. The van der Waals surface area contributed by atoms with Gasteiger partial charge in [0.2, 0.25) is 0 Å². The highest BCUT2D eigenvalue weighted by atomic mass is 16.5. The van der Waals surface area contributed by atoms with Crippen LogP contribution in [0.25, 0.3) is 0 Å². The highest BCUT2D eigenvalue weighted by Gasteiger charge is 2.01. The SMILES string of the molecule is CCOc1cc(N)cc(OCCOCC(C)C)c1. The number of nitrogen functional groups attached to an aromatic ring is 1. The lowest BCUT2D eigenvalue weighted by atomic mass is 10.2. The minimum Gasteiger partial charge on any atom is -0.494 e. The molecule has 0 aliphatic carbocycles. The molecule has 1 rings (SSSR count). The van der Waals surface area contributed by atoms with Gasteiger partial charge in [-0.2, -0.15) is 0 Å². The third-order valence-electron chi connectivity index (χ3n) is 2.16. The predicted molar refractivity (Wildman–Crippen MR) is 73.2 cm³/mol. The van der Waals surface area contributed by atoms with Crippen molar-refractivity contribution in [2.24, 2.45) is 5.92 Å². The molecule has 0 saturated carbocycles. The lowest BCUT2D eigenvalue weighted by Crippen LogP contribution is -2.10. The largest absolute Gasteiger partial charge is 0.494 e. The van der Waals surface area contributed by atoms with Crippen LogP contribution in [0.15, 0.2) is 18.2 Å². The zero-order chi connectivity index (χ0) is 13.4. The molecular formula is C14H23NO3. The van der Waals surface area contributed by atoms with Crippen molar-refractivity contribution in [3.8, 4) is 11.5 Å². The van der Waals surface area contributed by atoms with Gasteiger partial charge in [-0.15, -0.1) is 0 Å². The van der Waals surface area contributed by atoms with Crippen molar-refractivity contribution >= 4 is 5.69 Å². The van der Waals surface area contributed by atoms with Crippen LogP contribution in [0.2, 0.25) is 0 Å². The van der Waals surface area contributed by atoms with E-state index >= 15 is 0 Å². The highest BCUT2D eigenvalue weighted by Crippen LogP contribution is 2.24. The Kier molecular flexibility index (Phi) is 6.36. The minimum atomic E-state index is 0.516. The van der Waals surface area contributed by atoms with E-state index in [1.807, 2.05) is 13.0 Å². The maximum atomic E-state index is 5.77. The second-order valence-electron chi connectivity index (χ2n) is 4.49. The van der Waals surface area contributed by atoms with Gasteiger partial charge in [0, 0.05) is 30.5 Å². The molecule has 1 aromatic rings. The number of rotatable bonds is 8. The molecule has 2 N–H and O–H groups in total. The van der Waals surface area contributed by atoms with Crippen LogP contribution in [0.3, 0.4) is 0 Å². The minimum absolute atomic E-state index is 0.516. The molecule has 4 nitrogen and oxygen atoms in total. The van der Waals surface area contributed by atoms with Crippen molar-refractivity contribution in [1.82, 2.24) is 0 Å². The van der Waals surface area contributed by atoms with Gasteiger partial charge in [-0.3, -0.25) is 0 Å². The van der Waals surface area contributed by atoms with Crippen LogP contribution in [0.4, 0.5) is 5.69 Å². The second-order valence-corrected chi connectivity index (χ2v) is 4.49. The summed E-state index contributed by atoms with van der Waals surface area (Å²) in [5.41, 5.74) is 6.41. The molecule has 4 heteroatoms. The summed E-state index contributed by atoms with van der Waals surface area (Å²) in [6.07, 6.45) is 0. The summed E-state index contributed by atoms with van der Waals surface area (Å²) in [5.74, 6) is 1.99. The van der Waals surface area contributed by atoms with Crippen molar-refractivity contribution in [2.45, 2.75) is 20.8 Å². The van der Waals surface area contributed by atoms with Gasteiger partial charge in [-0.25, -0.2) is 0 Å². The number of benzene rings is 1. The summed E-state index contributed by atoms with van der Waals surface area (Å²) in [6.45, 7) is 8.63. The van der Waals surface area contributed by atoms with Crippen LogP contribution in [-0.2, 0) is 4.74 Å². The Morgan fingerprint density at radius 2 is 1.72 bits per heavy atom. The molecule has 18 heavy (non-hydrogen) atoms. The molecule has 0 radical (unpaired) electrons. The summed E-state index contributed by atoms with van der Waals surface area (Å²) in [6, 6.07) is 5.40. The molecule has 1 aromatic carbocycles. The number of nitrogens with two attached hydrogens (primary N) is 1. The van der Waals surface area contributed by atoms with Crippen LogP contribution < -0.4 is 15.2 Å². The van der Waals surface area contributed by atoms with Gasteiger partial charge < -0.3 is 19.9 Å². The van der Waals surface area contributed by atoms with Crippen molar-refractivity contribution in [2.75, 3.05) is 32.2 Å². The highest BCUT2D eigenvalue weighted by molar-refractivity contribution is 5.50. The van der Waals surface area contributed by atoms with E-state index in [1.54, 1.807) is 12.1 Å². The predicted octanol–water partition coefficient (Wildman–Crippen LogP) is 2.72. The molecule has 102 valence electrons. The number of hydrogen-bond donors (Lipinski definition) is 1. The lowest BCUT2D eigenvalue weighted by Gasteiger charge is -2.11. The molecule has 0 saturated heterocycles. The molecule has 0 aliphatic rings. The summed E-state index contributed by atoms with van der Waals surface area (Å²) in [7, 11) is 0. The first-order valence-electron chi connectivity index (χ1n) is 6.35. The molecule has 0 aromatic heterocycles. The average molecular weight is 253 g/mol. The summed E-state index contributed by atoms with van der Waals surface area (Å²) < 4.78 is 16.4. The van der Waals surface area contributed by atoms with Crippen molar-refractivity contribution in [3.05, 3.63) is 18.2 Å². The van der Waals surface area contributed by atoms with Crippen molar-refractivity contribution in [3.63, 3.8) is 0 Å². The maximum absolute atomic E-state index is 5.77. The van der Waals surface area contributed by atoms with Gasteiger partial charge in [-0.05, 0) is 12.8 Å². The van der Waals surface area contributed by atoms with E-state index in [0.717, 1.165) is 12.4 Å². The van der Waals surface area contributed by atoms with E-state index in [4.69, 9.17) is 19.9 Å². The molecule has 0 amide bonds. The second kappa shape index (κ2) is 7.82. The Bertz CT molecular complexity index is 353. The first kappa shape index (κ1) is 14.6. The lowest BCUT2D eigenvalue weighted by molar-refractivity contribution is 0.0818. The van der Waals surface area contributed by atoms with Crippen LogP contribution in [0.5, 0.6) is 11.5 Å². The Hall–Kier alpha value is -1.42. The van der Waals surface area contributed by atoms with Gasteiger partial charge in [0.15, 0.2) is 0 Å². The van der Waals surface area contributed by atoms with Gasteiger partial charge in [0.25, 0.3) is 0 Å². The first-order chi connectivity index (χ1) is 8.61. The van der Waals surface area contributed by atoms with Gasteiger partial charge in [0.05, 0.1) is 13.2 Å². The summed E-state index contributed by atoms with van der Waals surface area (Å²) in [4.78, 5) is 0. The van der Waals surface area contributed by atoms with Gasteiger partial charge in [0.1, 0.15) is 18.1 Å². The van der Waals surface area contributed by atoms with E-state index in [0.29, 0.717) is 37.2 Å². The quantitative estimate of drug-likeness (QED) is 0.571. The first-order valence-corrected chi connectivity index (χ1v) is 6.35. The maximum Gasteiger partial charge on any atom is 0.125 e. The zero-order valence-electron chi connectivity index (χ0n) is 11.4. The van der Waals surface area contributed by atoms with Gasteiger partial charge in [-0.1, -0.05) is 13.8 Å². The van der Waals surface area contributed by atoms with Crippen LogP contribution in [-0.4, -0.2) is 26.4 Å². The summed E-state index contributed by atoms with van der Waals surface area (Å²) in [5, 5.41) is 0. The Morgan fingerprint density at radius 1 is 1.06 bits per heavy atom. The average Bonchev–Trinajstić information content (AvgIpc) is 2.28. The van der Waals surface area contributed by atoms with E-state index in [9.17, 15) is 0 Å². The third-order valence-corrected chi connectivity index (χ3v) is 2.16. The molecular weight excluding hydrogens is 230 g/mol. The normalized spacial score (nSPS) is 10.7. The van der Waals surface area contributed by atoms with E-state index < -0.39 is 0 Å². The molecule has 0 fully saturated rings. The fraction of sp³-hybridized carbons (Fsp3) is 0.571. The fourth-order valence-corrected chi connectivity index (χ4v) is 1.46. The number of anilines is 1. The van der Waals surface area contributed by atoms with Crippen molar-refractivity contribution in [1.29, 1.82) is 0 Å². The molecule has 0 heterocycles. The molecule has 0 bridgehead atoms. The molecule has 0 unspecified atom stereocenters. The molecule has 0 aliphatic heterocycles. The van der Waals surface area contributed by atoms with Crippen LogP contribution >= 0.6 is 0 Å². The Balaban J connectivity index is 2.37. The monoisotopic (exact) mass is 253 g/mol. The smallest absolute Gasteiger partial charge is 0.125 e. The topological polar surface area (TPSA) is 53.7 Å². The Morgan fingerprint density at radius 3 is 2.33 bits per heavy atom. The van der Waals surface area contributed by atoms with Gasteiger partial charge >= 0.3 is 0 Å². The third kappa shape index (κ3) is 5.77. The van der Waals surface area contributed by atoms with E-state index in [-0.39, 0.29) is 0 Å². The van der Waals surface area contributed by atoms with Crippen LogP contribution in [0.1, 0.15) is 20.8 Å². The number of ether oxygens (including phenoxy) is 3. The summed E-state index contributed by atoms with van der Waals surface area (Å²) >= 11 is 0. The van der Waals surface area contributed by atoms with Crippen molar-refractivity contribution < 1.29 is 14.2 Å². The molecule has 0 atom stereocenters. The van der Waals surface area contributed by atoms with Crippen LogP contribution in [0, 0.1) is 5.92 Å².